The lowest BCUT2D eigenvalue weighted by atomic mass is 10.1. The molecule has 20 heavy (non-hydrogen) atoms. The van der Waals surface area contributed by atoms with Gasteiger partial charge in [0.05, 0.1) is 6.10 Å². The Kier molecular flexibility index (Phi) is 5.70. The molecule has 1 atom stereocenters. The first-order chi connectivity index (χ1) is 9.32. The maximum atomic E-state index is 12.1. The van der Waals surface area contributed by atoms with Gasteiger partial charge in [0.15, 0.2) is 0 Å². The quantitative estimate of drug-likeness (QED) is 0.881. The van der Waals surface area contributed by atoms with Crippen LogP contribution in [0.2, 0.25) is 0 Å². The summed E-state index contributed by atoms with van der Waals surface area (Å²) in [5.74, 6) is -0.207. The van der Waals surface area contributed by atoms with Crippen LogP contribution in [0.4, 0.5) is 0 Å². The molecule has 5 nitrogen and oxygen atoms in total. The first kappa shape index (κ1) is 16.2. The number of rotatable bonds is 5. The summed E-state index contributed by atoms with van der Waals surface area (Å²) in [6.07, 6.45) is 0.115. The van der Waals surface area contributed by atoms with Crippen molar-refractivity contribution in [1.82, 2.24) is 9.80 Å². The zero-order valence-electron chi connectivity index (χ0n) is 12.5. The molecule has 0 aromatic heterocycles. The van der Waals surface area contributed by atoms with Crippen LogP contribution in [0.3, 0.4) is 0 Å². The second-order valence-electron chi connectivity index (χ2n) is 5.14. The van der Waals surface area contributed by atoms with E-state index in [1.165, 1.54) is 4.90 Å². The van der Waals surface area contributed by atoms with Crippen LogP contribution >= 0.6 is 0 Å². The number of hydrogen-bond acceptors (Lipinski definition) is 3. The van der Waals surface area contributed by atoms with Crippen molar-refractivity contribution in [3.05, 3.63) is 35.4 Å². The van der Waals surface area contributed by atoms with Gasteiger partial charge in [0.2, 0.25) is 0 Å². The number of nitrogens with zero attached hydrogens (tertiary/aromatic N) is 2. The van der Waals surface area contributed by atoms with Gasteiger partial charge in [0, 0.05) is 38.8 Å². The number of benzene rings is 1. The summed E-state index contributed by atoms with van der Waals surface area (Å²) in [5.41, 5.74) is 1.09. The first-order valence-electron chi connectivity index (χ1n) is 6.58. The Morgan fingerprint density at radius 1 is 1.05 bits per heavy atom. The molecule has 0 aliphatic rings. The Labute approximate surface area is 119 Å². The maximum absolute atomic E-state index is 12.1. The highest BCUT2D eigenvalue weighted by atomic mass is 16.3. The maximum Gasteiger partial charge on any atom is 0.253 e. The molecule has 0 heterocycles. The largest absolute Gasteiger partial charge is 0.393 e. The monoisotopic (exact) mass is 278 g/mol. The second kappa shape index (κ2) is 7.05. The van der Waals surface area contributed by atoms with Crippen molar-refractivity contribution in [2.24, 2.45) is 0 Å². The van der Waals surface area contributed by atoms with E-state index in [0.717, 1.165) is 0 Å². The SMILES string of the molecule is CC(O)CCN(C)C(=O)c1ccc(C(=O)N(C)C)cc1. The summed E-state index contributed by atoms with van der Waals surface area (Å²) in [5, 5.41) is 9.22. The topological polar surface area (TPSA) is 60.9 Å². The highest BCUT2D eigenvalue weighted by Gasteiger charge is 2.13. The standard InChI is InChI=1S/C15H22N2O3/c1-11(18)9-10-17(4)15(20)13-7-5-12(6-8-13)14(19)16(2)3/h5-8,11,18H,9-10H2,1-4H3. The first-order valence-corrected chi connectivity index (χ1v) is 6.58. The van der Waals surface area contributed by atoms with Gasteiger partial charge in [-0.05, 0) is 37.6 Å². The lowest BCUT2D eigenvalue weighted by molar-refractivity contribution is 0.0766. The fraction of sp³-hybridized carbons (Fsp3) is 0.467. The van der Waals surface area contributed by atoms with E-state index in [2.05, 4.69) is 0 Å². The van der Waals surface area contributed by atoms with E-state index in [-0.39, 0.29) is 11.8 Å². The van der Waals surface area contributed by atoms with Crippen molar-refractivity contribution in [2.45, 2.75) is 19.4 Å². The number of aliphatic hydroxyl groups excluding tert-OH is 1. The van der Waals surface area contributed by atoms with Crippen LogP contribution in [-0.2, 0) is 0 Å². The van der Waals surface area contributed by atoms with Crippen LogP contribution in [0.5, 0.6) is 0 Å². The number of carbonyl (C=O) groups excluding carboxylic acids is 2. The molecule has 0 saturated carbocycles. The van der Waals surface area contributed by atoms with E-state index in [1.807, 2.05) is 0 Å². The minimum Gasteiger partial charge on any atom is -0.393 e. The van der Waals surface area contributed by atoms with Crippen molar-refractivity contribution in [3.63, 3.8) is 0 Å². The van der Waals surface area contributed by atoms with Crippen LogP contribution in [0.1, 0.15) is 34.1 Å². The fourth-order valence-corrected chi connectivity index (χ4v) is 1.72. The van der Waals surface area contributed by atoms with Gasteiger partial charge in [-0.15, -0.1) is 0 Å². The van der Waals surface area contributed by atoms with Crippen molar-refractivity contribution in [3.8, 4) is 0 Å². The van der Waals surface area contributed by atoms with E-state index < -0.39 is 6.10 Å². The summed E-state index contributed by atoms with van der Waals surface area (Å²) in [6, 6.07) is 6.60. The van der Waals surface area contributed by atoms with Crippen LogP contribution in [-0.4, -0.2) is 60.5 Å². The van der Waals surface area contributed by atoms with Gasteiger partial charge in [0.1, 0.15) is 0 Å². The summed E-state index contributed by atoms with van der Waals surface area (Å²) < 4.78 is 0. The molecular weight excluding hydrogens is 256 g/mol. The molecule has 0 aliphatic carbocycles. The Balaban J connectivity index is 2.73. The summed E-state index contributed by atoms with van der Waals surface area (Å²) >= 11 is 0. The number of aliphatic hydroxyl groups is 1. The molecule has 1 aromatic rings. The zero-order valence-corrected chi connectivity index (χ0v) is 12.5. The average molecular weight is 278 g/mol. The van der Waals surface area contributed by atoms with Gasteiger partial charge >= 0.3 is 0 Å². The zero-order chi connectivity index (χ0) is 15.3. The molecule has 110 valence electrons. The second-order valence-corrected chi connectivity index (χ2v) is 5.14. The van der Waals surface area contributed by atoms with Crippen molar-refractivity contribution < 1.29 is 14.7 Å². The fourth-order valence-electron chi connectivity index (χ4n) is 1.72. The van der Waals surface area contributed by atoms with Gasteiger partial charge in [-0.1, -0.05) is 0 Å². The molecule has 0 spiro atoms. The lowest BCUT2D eigenvalue weighted by Gasteiger charge is -2.18. The Hall–Kier alpha value is -1.88. The number of hydrogen-bond donors (Lipinski definition) is 1. The Morgan fingerprint density at radius 3 is 1.90 bits per heavy atom. The van der Waals surface area contributed by atoms with Crippen molar-refractivity contribution >= 4 is 11.8 Å². The van der Waals surface area contributed by atoms with Crippen LogP contribution in [0.25, 0.3) is 0 Å². The third-order valence-electron chi connectivity index (χ3n) is 3.01. The highest BCUT2D eigenvalue weighted by Crippen LogP contribution is 2.09. The third-order valence-corrected chi connectivity index (χ3v) is 3.01. The average Bonchev–Trinajstić information content (AvgIpc) is 2.43. The van der Waals surface area contributed by atoms with Crippen LogP contribution in [0, 0.1) is 0 Å². The van der Waals surface area contributed by atoms with E-state index >= 15 is 0 Å². The van der Waals surface area contributed by atoms with Gasteiger partial charge in [0.25, 0.3) is 11.8 Å². The third kappa shape index (κ3) is 4.35. The Bertz CT molecular complexity index is 467. The summed E-state index contributed by atoms with van der Waals surface area (Å²) in [7, 11) is 5.07. The van der Waals surface area contributed by atoms with Gasteiger partial charge in [-0.2, -0.15) is 0 Å². The minimum absolute atomic E-state index is 0.0912. The van der Waals surface area contributed by atoms with Crippen molar-refractivity contribution in [1.29, 1.82) is 0 Å². The molecule has 1 aromatic carbocycles. The molecule has 0 bridgehead atoms. The molecule has 0 radical (unpaired) electrons. The number of carbonyl (C=O) groups is 2. The lowest BCUT2D eigenvalue weighted by Crippen LogP contribution is -2.29. The minimum atomic E-state index is -0.426. The molecule has 5 heteroatoms. The predicted molar refractivity (Wildman–Crippen MR) is 77.7 cm³/mol. The smallest absolute Gasteiger partial charge is 0.253 e. The van der Waals surface area contributed by atoms with Crippen LogP contribution < -0.4 is 0 Å². The summed E-state index contributed by atoms with van der Waals surface area (Å²) in [4.78, 5) is 26.9. The van der Waals surface area contributed by atoms with Gasteiger partial charge < -0.3 is 14.9 Å². The van der Waals surface area contributed by atoms with Crippen LogP contribution in [0.15, 0.2) is 24.3 Å². The van der Waals surface area contributed by atoms with Gasteiger partial charge in [-0.25, -0.2) is 0 Å². The molecule has 0 aliphatic heterocycles. The Morgan fingerprint density at radius 2 is 1.50 bits per heavy atom. The molecule has 1 N–H and O–H groups in total. The number of amides is 2. The summed E-state index contributed by atoms with van der Waals surface area (Å²) in [6.45, 7) is 2.19. The normalized spacial score (nSPS) is 11.8. The van der Waals surface area contributed by atoms with E-state index in [1.54, 1.807) is 57.2 Å². The molecular formula is C15H22N2O3. The molecule has 0 fully saturated rings. The molecule has 0 saturated heterocycles. The molecule has 1 rings (SSSR count). The van der Waals surface area contributed by atoms with E-state index in [4.69, 9.17) is 0 Å². The molecule has 2 amide bonds. The van der Waals surface area contributed by atoms with Gasteiger partial charge in [-0.3, -0.25) is 9.59 Å². The van der Waals surface area contributed by atoms with E-state index in [9.17, 15) is 14.7 Å². The van der Waals surface area contributed by atoms with E-state index in [0.29, 0.717) is 24.1 Å². The highest BCUT2D eigenvalue weighted by molar-refractivity contribution is 5.97. The van der Waals surface area contributed by atoms with Crippen molar-refractivity contribution in [2.75, 3.05) is 27.7 Å². The molecule has 1 unspecified atom stereocenters. The predicted octanol–water partition coefficient (Wildman–Crippen LogP) is 1.23.